The number of allylic oxidation sites excluding steroid dienone is 2. The van der Waals surface area contributed by atoms with Crippen molar-refractivity contribution < 1.29 is 57.4 Å². The van der Waals surface area contributed by atoms with Crippen molar-refractivity contribution in [2.24, 2.45) is 11.7 Å². The van der Waals surface area contributed by atoms with E-state index in [2.05, 4.69) is 71.5 Å². The van der Waals surface area contributed by atoms with Crippen LogP contribution >= 0.6 is 0 Å². The van der Waals surface area contributed by atoms with Crippen LogP contribution in [0.25, 0.3) is 0 Å². The predicted octanol–water partition coefficient (Wildman–Crippen LogP) is 11.0. The number of unbranched alkanes of at least 4 members (excludes halogenated alkanes) is 3. The molecule has 0 aliphatic rings. The second kappa shape index (κ2) is 54.3. The minimum Gasteiger partial charge on any atom is -0.495 e. The molecule has 3 aromatic rings. The molecule has 1 unspecified atom stereocenters. The Morgan fingerprint density at radius 3 is 1.88 bits per heavy atom. The van der Waals surface area contributed by atoms with Gasteiger partial charge in [-0.15, -0.1) is 0 Å². The zero-order valence-electron chi connectivity index (χ0n) is 49.8. The first-order valence-corrected chi connectivity index (χ1v) is 26.8. The highest BCUT2D eigenvalue weighted by molar-refractivity contribution is 5.93. The third-order valence-corrected chi connectivity index (χ3v) is 9.86. The molecule has 0 radical (unpaired) electrons. The average Bonchev–Trinajstić information content (AvgIpc) is 3.43. The molecular formula is C58H95N9O13. The monoisotopic (exact) mass is 1130 g/mol. The summed E-state index contributed by atoms with van der Waals surface area (Å²) in [4.78, 5) is 85.6. The van der Waals surface area contributed by atoms with Gasteiger partial charge in [0, 0.05) is 56.2 Å². The third kappa shape index (κ3) is 49.6. The number of aldehydes is 1. The van der Waals surface area contributed by atoms with E-state index in [9.17, 15) is 43.7 Å². The summed E-state index contributed by atoms with van der Waals surface area (Å²) in [6.45, 7) is 28.8. The lowest BCUT2D eigenvalue weighted by atomic mass is 10.1. The van der Waals surface area contributed by atoms with Crippen molar-refractivity contribution in [1.82, 2.24) is 26.6 Å². The number of methoxy groups -OCH3 is 1. The quantitative estimate of drug-likeness (QED) is 0.00705. The van der Waals surface area contributed by atoms with Crippen molar-refractivity contribution in [2.45, 2.75) is 147 Å². The Kier molecular flexibility index (Phi) is 53.3. The number of carbonyl (C=O) groups excluding carboxylic acids is 7. The molecule has 3 rings (SSSR count). The van der Waals surface area contributed by atoms with Crippen LogP contribution < -0.4 is 52.4 Å². The molecule has 0 saturated carbocycles. The first kappa shape index (κ1) is 78.5. The second-order valence-electron chi connectivity index (χ2n) is 17.2. The van der Waals surface area contributed by atoms with Gasteiger partial charge >= 0.3 is 18.3 Å². The number of primary amides is 1. The molecule has 22 nitrogen and oxygen atoms in total. The van der Waals surface area contributed by atoms with Crippen molar-refractivity contribution in [3.05, 3.63) is 113 Å². The number of anilines is 2. The smallest absolute Gasteiger partial charge is 0.495 e. The molecule has 0 bridgehead atoms. The Morgan fingerprint density at radius 2 is 1.43 bits per heavy atom. The summed E-state index contributed by atoms with van der Waals surface area (Å²) in [7, 11) is 3.48. The van der Waals surface area contributed by atoms with Crippen LogP contribution in [-0.4, -0.2) is 94.1 Å². The molecule has 0 aromatic heterocycles. The lowest BCUT2D eigenvalue weighted by molar-refractivity contribution is -0.384. The number of urea groups is 1. The number of carbonyl (C=O) groups is 7. The number of rotatable bonds is 26. The Morgan fingerprint density at radius 1 is 0.812 bits per heavy atom. The Balaban J connectivity index is -0.000000468. The number of benzene rings is 3. The first-order valence-electron chi connectivity index (χ1n) is 26.8. The average molecular weight is 1130 g/mol. The molecule has 80 heavy (non-hydrogen) atoms. The summed E-state index contributed by atoms with van der Waals surface area (Å²) in [5, 5.41) is 29.3. The number of non-ortho nitro benzene ring substituents is 1. The number of nitro groups is 1. The largest absolute Gasteiger partial charge is 0.514 e. The van der Waals surface area contributed by atoms with Crippen LogP contribution in [0, 0.1) is 23.0 Å². The van der Waals surface area contributed by atoms with Crippen molar-refractivity contribution in [3.8, 4) is 11.5 Å². The maximum atomic E-state index is 11.6. The molecule has 6 amide bonds. The van der Waals surface area contributed by atoms with Gasteiger partial charge in [-0.2, -0.15) is 0 Å². The van der Waals surface area contributed by atoms with Crippen LogP contribution in [0.4, 0.5) is 31.4 Å². The third-order valence-electron chi connectivity index (χ3n) is 9.86. The minimum absolute atomic E-state index is 0.0386. The molecule has 22 heteroatoms. The fourth-order valence-corrected chi connectivity index (χ4v) is 4.95. The standard InChI is InChI=1S/C17H15N3O7.C13H17NO3.C9H17NO2.C7H15N.C5H12.C4H10N2O.C3H9N/c21-11-18-9-16(22)19-13-3-1-12(2-4-13)10-26-17(23)27-15-7-5-14(6-8-15)20(24)25;1-5-10(3)17-13(15)14-11-8-9(2)6-7-12(11)16-4;1-7(2)8(3)10-9(12)5-4-6-11;1-3-5-7-8-6-4-2;1-3-5-4-2;1-2-3-6-4(5)7;1-3-4-2/h1-8,11H,9-10H2,(H,18,21)(H,19,22);6-8H,3,5H2,1-2,4H3,(H,14,15);6-8H,4-5H2,1-3H3,(H,10,12);4,6,8H,3,5,7H2,1-2H3;3-5H2,1-2H3;2-3H2,1H3,(H3,5,6,7);4H,3H2,1-2H3. The number of aryl methyl sites for hydroxylation is 1. The van der Waals surface area contributed by atoms with E-state index in [-0.39, 0.29) is 42.4 Å². The van der Waals surface area contributed by atoms with Crippen LogP contribution in [0.2, 0.25) is 0 Å². The van der Waals surface area contributed by atoms with Crippen LogP contribution in [0.3, 0.4) is 0 Å². The molecule has 0 aliphatic heterocycles. The number of nitrogens with one attached hydrogen (secondary N) is 7. The van der Waals surface area contributed by atoms with E-state index < -0.39 is 23.2 Å². The number of ether oxygens (including phenoxy) is 4. The zero-order valence-corrected chi connectivity index (χ0v) is 49.8. The second-order valence-corrected chi connectivity index (χ2v) is 17.2. The lowest BCUT2D eigenvalue weighted by Gasteiger charge is -2.16. The van der Waals surface area contributed by atoms with Gasteiger partial charge in [-0.3, -0.25) is 29.8 Å². The van der Waals surface area contributed by atoms with E-state index in [1.165, 1.54) is 56.4 Å². The van der Waals surface area contributed by atoms with E-state index in [1.54, 1.807) is 37.4 Å². The summed E-state index contributed by atoms with van der Waals surface area (Å²) in [6.07, 6.45) is 12.4. The van der Waals surface area contributed by atoms with E-state index >= 15 is 0 Å². The van der Waals surface area contributed by atoms with Crippen molar-refractivity contribution in [2.75, 3.05) is 51.0 Å². The van der Waals surface area contributed by atoms with Gasteiger partial charge in [0.2, 0.25) is 18.2 Å². The highest BCUT2D eigenvalue weighted by Gasteiger charge is 2.12. The topological polar surface area (TPSA) is 310 Å². The number of amides is 6. The van der Waals surface area contributed by atoms with E-state index in [1.807, 2.05) is 79.9 Å². The summed E-state index contributed by atoms with van der Waals surface area (Å²) in [5.74, 6) is 1.16. The van der Waals surface area contributed by atoms with Crippen LogP contribution in [-0.2, 0) is 35.3 Å². The molecule has 450 valence electrons. The highest BCUT2D eigenvalue weighted by Crippen LogP contribution is 2.25. The van der Waals surface area contributed by atoms with E-state index in [4.69, 9.17) is 24.7 Å². The van der Waals surface area contributed by atoms with Crippen LogP contribution in [0.15, 0.2) is 91.3 Å². The van der Waals surface area contributed by atoms with Gasteiger partial charge in [0.1, 0.15) is 30.2 Å². The Hall–Kier alpha value is -8.01. The fourth-order valence-electron chi connectivity index (χ4n) is 4.95. The summed E-state index contributed by atoms with van der Waals surface area (Å²) in [6, 6.07) is 16.7. The summed E-state index contributed by atoms with van der Waals surface area (Å²) >= 11 is 0. The molecule has 3 aromatic carbocycles. The van der Waals surface area contributed by atoms with Crippen LogP contribution in [0.5, 0.6) is 11.5 Å². The van der Waals surface area contributed by atoms with E-state index in [0.717, 1.165) is 31.4 Å². The Labute approximate surface area is 475 Å². The SMILES string of the molecule is C=C(CC)OC(=O)Nc1cc(C)ccc1OC.CC(C)C(C)NC(=O)CCC=O.CC=CNCCCC.CCCCC.CCCNC(N)=O.CCNC.O=CNCC(=O)Nc1ccc(COC(=O)Oc2ccc([N+](=O)[O-])cc2)cc1. The lowest BCUT2D eigenvalue weighted by Crippen LogP contribution is -2.35. The van der Waals surface area contributed by atoms with Crippen LogP contribution in [0.1, 0.15) is 138 Å². The molecule has 0 fully saturated rings. The van der Waals surface area contributed by atoms with Gasteiger partial charge in [-0.1, -0.05) is 112 Å². The maximum absolute atomic E-state index is 11.6. The number of hydrogen-bond donors (Lipinski definition) is 8. The molecule has 0 aliphatic carbocycles. The van der Waals surface area contributed by atoms with Gasteiger partial charge in [0.05, 0.1) is 24.3 Å². The number of hydrogen-bond acceptors (Lipinski definition) is 15. The molecular weight excluding hydrogens is 1030 g/mol. The molecule has 9 N–H and O–H groups in total. The van der Waals surface area contributed by atoms with Gasteiger partial charge in [-0.05, 0) is 107 Å². The fraction of sp³-hybridized carbons (Fsp3) is 0.500. The number of nitrogens with two attached hydrogens (primary N) is 1. The molecule has 1 atom stereocenters. The summed E-state index contributed by atoms with van der Waals surface area (Å²) < 4.78 is 19.9. The summed E-state index contributed by atoms with van der Waals surface area (Å²) in [5.41, 5.74) is 7.39. The molecule has 0 heterocycles. The van der Waals surface area contributed by atoms with Gasteiger partial charge in [-0.25, -0.2) is 14.4 Å². The molecule has 0 spiro atoms. The normalized spacial score (nSPS) is 9.88. The van der Waals surface area contributed by atoms with Crippen molar-refractivity contribution in [1.29, 1.82) is 0 Å². The van der Waals surface area contributed by atoms with Crippen molar-refractivity contribution in [3.63, 3.8) is 0 Å². The minimum atomic E-state index is -0.957. The zero-order chi connectivity index (χ0) is 61.5. The number of nitrogens with zero attached hydrogens (tertiary/aromatic N) is 1. The Bertz CT molecular complexity index is 2170. The van der Waals surface area contributed by atoms with Gasteiger partial charge in [0.15, 0.2) is 0 Å². The predicted molar refractivity (Wildman–Crippen MR) is 318 cm³/mol. The van der Waals surface area contributed by atoms with Gasteiger partial charge in [0.25, 0.3) is 5.69 Å². The molecule has 0 saturated heterocycles. The van der Waals surface area contributed by atoms with Gasteiger partial charge < -0.3 is 61.4 Å². The maximum Gasteiger partial charge on any atom is 0.514 e. The van der Waals surface area contributed by atoms with E-state index in [0.29, 0.717) is 66.6 Å². The van der Waals surface area contributed by atoms with Crippen molar-refractivity contribution >= 4 is 59.9 Å². The number of nitro benzene ring substituents is 1. The highest BCUT2D eigenvalue weighted by atomic mass is 16.7. The first-order chi connectivity index (χ1) is 38.1.